The van der Waals surface area contributed by atoms with E-state index in [4.69, 9.17) is 5.84 Å². The Kier molecular flexibility index (Phi) is 4.92. The molecule has 6 heteroatoms. The average molecular weight is 369 g/mol. The number of nitrogens with zero attached hydrogens (tertiary/aromatic N) is 2. The van der Waals surface area contributed by atoms with Gasteiger partial charge >= 0.3 is 0 Å². The van der Waals surface area contributed by atoms with Gasteiger partial charge in [-0.25, -0.2) is 15.8 Å². The molecule has 0 atom stereocenters. The SMILES string of the molecule is CCCc1c(NN)ncnc1Nc1ccc(I)cc1. The first-order valence-electron chi connectivity index (χ1n) is 6.07. The number of nitrogens with one attached hydrogen (secondary N) is 2. The van der Waals surface area contributed by atoms with Gasteiger partial charge in [0.1, 0.15) is 18.0 Å². The summed E-state index contributed by atoms with van der Waals surface area (Å²) in [7, 11) is 0. The molecule has 2 rings (SSSR count). The summed E-state index contributed by atoms with van der Waals surface area (Å²) < 4.78 is 1.20. The molecule has 1 aromatic heterocycles. The van der Waals surface area contributed by atoms with Crippen LogP contribution in [0.4, 0.5) is 17.3 Å². The van der Waals surface area contributed by atoms with Gasteiger partial charge in [0.15, 0.2) is 0 Å². The molecule has 0 aliphatic carbocycles. The summed E-state index contributed by atoms with van der Waals surface area (Å²) in [5.41, 5.74) is 4.63. The van der Waals surface area contributed by atoms with Crippen LogP contribution in [-0.2, 0) is 6.42 Å². The fourth-order valence-corrected chi connectivity index (χ4v) is 2.16. The van der Waals surface area contributed by atoms with Gasteiger partial charge in [-0.15, -0.1) is 0 Å². The van der Waals surface area contributed by atoms with Crippen molar-refractivity contribution in [1.29, 1.82) is 0 Å². The number of rotatable bonds is 5. The van der Waals surface area contributed by atoms with Crippen molar-refractivity contribution in [3.63, 3.8) is 0 Å². The van der Waals surface area contributed by atoms with Crippen molar-refractivity contribution in [3.8, 4) is 0 Å². The van der Waals surface area contributed by atoms with Gasteiger partial charge in [-0.05, 0) is 53.3 Å². The standard InChI is InChI=1S/C13H16IN5/c1-2-3-11-12(16-8-17-13(11)19-15)18-10-6-4-9(14)5-7-10/h4-8H,2-3,15H2,1H3,(H2,16,17,18,19). The van der Waals surface area contributed by atoms with Crippen LogP contribution in [0.2, 0.25) is 0 Å². The Morgan fingerprint density at radius 1 is 1.16 bits per heavy atom. The summed E-state index contributed by atoms with van der Waals surface area (Å²) in [5, 5.41) is 3.31. The summed E-state index contributed by atoms with van der Waals surface area (Å²) in [6, 6.07) is 8.14. The predicted octanol–water partition coefficient (Wildman–Crippen LogP) is 3.06. The second-order valence-corrected chi connectivity index (χ2v) is 5.32. The minimum absolute atomic E-state index is 0.671. The van der Waals surface area contributed by atoms with E-state index in [1.54, 1.807) is 0 Å². The molecule has 1 aromatic carbocycles. The highest BCUT2D eigenvalue weighted by molar-refractivity contribution is 14.1. The van der Waals surface area contributed by atoms with E-state index in [0.717, 1.165) is 29.9 Å². The Morgan fingerprint density at radius 2 is 1.84 bits per heavy atom. The normalized spacial score (nSPS) is 10.3. The molecule has 0 bridgehead atoms. The van der Waals surface area contributed by atoms with Gasteiger partial charge in [0.05, 0.1) is 0 Å². The number of benzene rings is 1. The van der Waals surface area contributed by atoms with Crippen LogP contribution in [0.1, 0.15) is 18.9 Å². The van der Waals surface area contributed by atoms with E-state index in [0.29, 0.717) is 5.82 Å². The maximum absolute atomic E-state index is 5.49. The molecule has 0 fully saturated rings. The lowest BCUT2D eigenvalue weighted by Crippen LogP contribution is -2.13. The van der Waals surface area contributed by atoms with Gasteiger partial charge in [-0.1, -0.05) is 13.3 Å². The number of aromatic nitrogens is 2. The van der Waals surface area contributed by atoms with Crippen LogP contribution in [0, 0.1) is 3.57 Å². The first-order chi connectivity index (χ1) is 9.24. The molecule has 4 N–H and O–H groups in total. The number of hydrogen-bond donors (Lipinski definition) is 3. The zero-order chi connectivity index (χ0) is 13.7. The Bertz CT molecular complexity index is 541. The first-order valence-corrected chi connectivity index (χ1v) is 7.15. The highest BCUT2D eigenvalue weighted by Gasteiger charge is 2.10. The summed E-state index contributed by atoms with van der Waals surface area (Å²) in [5.74, 6) is 6.96. The molecular weight excluding hydrogens is 353 g/mol. The smallest absolute Gasteiger partial charge is 0.148 e. The molecule has 0 saturated heterocycles. The number of hydrogen-bond acceptors (Lipinski definition) is 5. The van der Waals surface area contributed by atoms with Crippen LogP contribution in [0.3, 0.4) is 0 Å². The fraction of sp³-hybridized carbons (Fsp3) is 0.231. The molecule has 100 valence electrons. The summed E-state index contributed by atoms with van der Waals surface area (Å²) in [6.45, 7) is 2.11. The van der Waals surface area contributed by atoms with Crippen molar-refractivity contribution in [2.45, 2.75) is 19.8 Å². The van der Waals surface area contributed by atoms with E-state index in [-0.39, 0.29) is 0 Å². The lowest BCUT2D eigenvalue weighted by molar-refractivity contribution is 0.903. The third kappa shape index (κ3) is 3.54. The Labute approximate surface area is 126 Å². The lowest BCUT2D eigenvalue weighted by Gasteiger charge is -2.13. The first kappa shape index (κ1) is 14.0. The van der Waals surface area contributed by atoms with Gasteiger partial charge in [-0.2, -0.15) is 0 Å². The second kappa shape index (κ2) is 6.67. The molecule has 19 heavy (non-hydrogen) atoms. The highest BCUT2D eigenvalue weighted by atomic mass is 127. The van der Waals surface area contributed by atoms with E-state index in [1.165, 1.54) is 9.90 Å². The van der Waals surface area contributed by atoms with Gasteiger partial charge in [0.2, 0.25) is 0 Å². The topological polar surface area (TPSA) is 75.9 Å². The van der Waals surface area contributed by atoms with Gasteiger partial charge in [0.25, 0.3) is 0 Å². The molecule has 0 spiro atoms. The van der Waals surface area contributed by atoms with E-state index in [1.807, 2.05) is 24.3 Å². The minimum atomic E-state index is 0.671. The number of anilines is 3. The molecule has 0 aliphatic heterocycles. The van der Waals surface area contributed by atoms with Gasteiger partial charge in [0, 0.05) is 14.8 Å². The predicted molar refractivity (Wildman–Crippen MR) is 86.3 cm³/mol. The number of nitrogen functional groups attached to an aromatic ring is 1. The van der Waals surface area contributed by atoms with Crippen molar-refractivity contribution in [3.05, 3.63) is 39.7 Å². The lowest BCUT2D eigenvalue weighted by atomic mass is 10.1. The van der Waals surface area contributed by atoms with Crippen LogP contribution in [0.5, 0.6) is 0 Å². The van der Waals surface area contributed by atoms with Crippen molar-refractivity contribution in [1.82, 2.24) is 9.97 Å². The average Bonchev–Trinajstić information content (AvgIpc) is 2.43. The maximum Gasteiger partial charge on any atom is 0.148 e. The maximum atomic E-state index is 5.49. The molecule has 0 aliphatic rings. The van der Waals surface area contributed by atoms with Crippen molar-refractivity contribution in [2.75, 3.05) is 10.7 Å². The molecule has 2 aromatic rings. The largest absolute Gasteiger partial charge is 0.340 e. The summed E-state index contributed by atoms with van der Waals surface area (Å²) in [4.78, 5) is 8.45. The Morgan fingerprint density at radius 3 is 2.47 bits per heavy atom. The zero-order valence-electron chi connectivity index (χ0n) is 10.7. The number of nitrogens with two attached hydrogens (primary N) is 1. The summed E-state index contributed by atoms with van der Waals surface area (Å²) >= 11 is 2.28. The zero-order valence-corrected chi connectivity index (χ0v) is 12.8. The molecule has 0 unspecified atom stereocenters. The highest BCUT2D eigenvalue weighted by Crippen LogP contribution is 2.24. The van der Waals surface area contributed by atoms with Gasteiger partial charge in [-0.3, -0.25) is 0 Å². The number of hydrazine groups is 1. The van der Waals surface area contributed by atoms with E-state index in [2.05, 4.69) is 50.2 Å². The number of halogens is 1. The molecule has 5 nitrogen and oxygen atoms in total. The van der Waals surface area contributed by atoms with E-state index < -0.39 is 0 Å². The van der Waals surface area contributed by atoms with Crippen molar-refractivity contribution in [2.24, 2.45) is 5.84 Å². The molecular formula is C13H16IN5. The van der Waals surface area contributed by atoms with Crippen molar-refractivity contribution < 1.29 is 0 Å². The summed E-state index contributed by atoms with van der Waals surface area (Å²) in [6.07, 6.45) is 3.37. The molecule has 0 saturated carbocycles. The van der Waals surface area contributed by atoms with Gasteiger partial charge < -0.3 is 10.7 Å². The van der Waals surface area contributed by atoms with Crippen LogP contribution < -0.4 is 16.6 Å². The van der Waals surface area contributed by atoms with E-state index in [9.17, 15) is 0 Å². The molecule has 0 amide bonds. The van der Waals surface area contributed by atoms with Crippen LogP contribution in [-0.4, -0.2) is 9.97 Å². The van der Waals surface area contributed by atoms with Crippen LogP contribution in [0.25, 0.3) is 0 Å². The fourth-order valence-electron chi connectivity index (χ4n) is 1.80. The molecule has 0 radical (unpaired) electrons. The monoisotopic (exact) mass is 369 g/mol. The Balaban J connectivity index is 2.30. The molecule has 1 heterocycles. The quantitative estimate of drug-likeness (QED) is 0.429. The van der Waals surface area contributed by atoms with E-state index >= 15 is 0 Å². The van der Waals surface area contributed by atoms with Crippen molar-refractivity contribution >= 4 is 39.9 Å². The van der Waals surface area contributed by atoms with Crippen LogP contribution in [0.15, 0.2) is 30.6 Å². The minimum Gasteiger partial charge on any atom is -0.340 e. The second-order valence-electron chi connectivity index (χ2n) is 4.08. The Hall–Kier alpha value is -1.41. The van der Waals surface area contributed by atoms with Crippen LogP contribution >= 0.6 is 22.6 Å². The third-order valence-corrected chi connectivity index (χ3v) is 3.41. The third-order valence-electron chi connectivity index (χ3n) is 2.69.